The molecule has 0 saturated carbocycles. The SMILES string of the molecule is O=Cc1cc(N2CCCCC2n2ncc(COc3ccc(-n4cnnn4)cc3F)n2)ccn1. The van der Waals surface area contributed by atoms with Crippen LogP contribution >= 0.6 is 0 Å². The molecule has 1 unspecified atom stereocenters. The third-order valence-electron chi connectivity index (χ3n) is 5.42. The first-order chi connectivity index (χ1) is 16.2. The largest absolute Gasteiger partial charge is 0.484 e. The fourth-order valence-electron chi connectivity index (χ4n) is 3.83. The minimum atomic E-state index is -0.530. The fourth-order valence-corrected chi connectivity index (χ4v) is 3.83. The Balaban J connectivity index is 1.29. The van der Waals surface area contributed by atoms with Crippen molar-refractivity contribution >= 4 is 12.0 Å². The lowest BCUT2D eigenvalue weighted by Crippen LogP contribution is -2.38. The molecular weight excluding hydrogens is 429 g/mol. The molecule has 4 aromatic rings. The van der Waals surface area contributed by atoms with Crippen LogP contribution < -0.4 is 9.64 Å². The summed E-state index contributed by atoms with van der Waals surface area (Å²) in [7, 11) is 0. The van der Waals surface area contributed by atoms with Gasteiger partial charge in [0.2, 0.25) is 0 Å². The summed E-state index contributed by atoms with van der Waals surface area (Å²) in [4.78, 5) is 19.0. The molecule has 0 aliphatic carbocycles. The van der Waals surface area contributed by atoms with Crippen LogP contribution in [0.3, 0.4) is 0 Å². The van der Waals surface area contributed by atoms with Gasteiger partial charge < -0.3 is 9.64 Å². The topological polar surface area (TPSA) is 117 Å². The maximum atomic E-state index is 14.5. The Kier molecular flexibility index (Phi) is 5.70. The van der Waals surface area contributed by atoms with E-state index in [2.05, 4.69) is 35.6 Å². The number of piperidine rings is 1. The summed E-state index contributed by atoms with van der Waals surface area (Å²) in [6, 6.07) is 8.12. The Labute approximate surface area is 187 Å². The van der Waals surface area contributed by atoms with Crippen molar-refractivity contribution in [2.75, 3.05) is 11.4 Å². The molecule has 0 amide bonds. The number of hydrogen-bond donors (Lipinski definition) is 0. The van der Waals surface area contributed by atoms with E-state index >= 15 is 0 Å². The molecule has 3 aromatic heterocycles. The second-order valence-corrected chi connectivity index (χ2v) is 7.54. The first-order valence-corrected chi connectivity index (χ1v) is 10.5. The van der Waals surface area contributed by atoms with Crippen molar-refractivity contribution < 1.29 is 13.9 Å². The van der Waals surface area contributed by atoms with Crippen molar-refractivity contribution in [2.45, 2.75) is 32.0 Å². The number of ether oxygens (including phenoxy) is 1. The zero-order valence-electron chi connectivity index (χ0n) is 17.5. The van der Waals surface area contributed by atoms with Crippen LogP contribution in [0.25, 0.3) is 5.69 Å². The smallest absolute Gasteiger partial charge is 0.168 e. The van der Waals surface area contributed by atoms with Crippen molar-refractivity contribution in [3.05, 3.63) is 66.3 Å². The van der Waals surface area contributed by atoms with Gasteiger partial charge in [0.25, 0.3) is 0 Å². The minimum Gasteiger partial charge on any atom is -0.484 e. The molecule has 0 N–H and O–H groups in total. The zero-order valence-corrected chi connectivity index (χ0v) is 17.5. The van der Waals surface area contributed by atoms with E-state index in [1.165, 1.54) is 23.1 Å². The van der Waals surface area contributed by atoms with Crippen LogP contribution in [0.4, 0.5) is 10.1 Å². The lowest BCUT2D eigenvalue weighted by Gasteiger charge is -2.36. The lowest BCUT2D eigenvalue weighted by atomic mass is 10.1. The van der Waals surface area contributed by atoms with Crippen LogP contribution in [-0.4, -0.2) is 53.0 Å². The van der Waals surface area contributed by atoms with E-state index in [4.69, 9.17) is 4.74 Å². The average molecular weight is 449 g/mol. The molecule has 1 atom stereocenters. The second-order valence-electron chi connectivity index (χ2n) is 7.54. The Morgan fingerprint density at radius 2 is 2.12 bits per heavy atom. The third kappa shape index (κ3) is 4.40. The number of nitrogens with zero attached hydrogens (tertiary/aromatic N) is 9. The van der Waals surface area contributed by atoms with Gasteiger partial charge >= 0.3 is 0 Å². The van der Waals surface area contributed by atoms with Gasteiger partial charge in [0.15, 0.2) is 17.9 Å². The third-order valence-corrected chi connectivity index (χ3v) is 5.42. The van der Waals surface area contributed by atoms with Crippen molar-refractivity contribution in [3.8, 4) is 11.4 Å². The quantitative estimate of drug-likeness (QED) is 0.392. The van der Waals surface area contributed by atoms with Gasteiger partial charge in [-0.15, -0.1) is 5.10 Å². The van der Waals surface area contributed by atoms with Crippen LogP contribution in [-0.2, 0) is 6.61 Å². The number of aldehydes is 1. The highest BCUT2D eigenvalue weighted by Crippen LogP contribution is 2.30. The number of rotatable bonds is 7. The van der Waals surface area contributed by atoms with E-state index in [-0.39, 0.29) is 18.5 Å². The molecule has 33 heavy (non-hydrogen) atoms. The van der Waals surface area contributed by atoms with Gasteiger partial charge in [-0.3, -0.25) is 9.78 Å². The number of pyridine rings is 1. The molecule has 1 saturated heterocycles. The summed E-state index contributed by atoms with van der Waals surface area (Å²) in [5.41, 5.74) is 2.35. The summed E-state index contributed by atoms with van der Waals surface area (Å²) < 4.78 is 21.4. The highest BCUT2D eigenvalue weighted by Gasteiger charge is 2.26. The van der Waals surface area contributed by atoms with Crippen LogP contribution in [0, 0.1) is 5.82 Å². The Hall–Kier alpha value is -4.22. The monoisotopic (exact) mass is 449 g/mol. The Bertz CT molecular complexity index is 1240. The number of aromatic nitrogens is 8. The van der Waals surface area contributed by atoms with Gasteiger partial charge in [-0.25, -0.2) is 9.07 Å². The number of tetrazole rings is 1. The normalized spacial score (nSPS) is 16.0. The van der Waals surface area contributed by atoms with Crippen LogP contribution in [0.1, 0.15) is 41.6 Å². The predicted molar refractivity (Wildman–Crippen MR) is 113 cm³/mol. The zero-order chi connectivity index (χ0) is 22.6. The van der Waals surface area contributed by atoms with Gasteiger partial charge in [0.05, 0.1) is 11.9 Å². The summed E-state index contributed by atoms with van der Waals surface area (Å²) in [5.74, 6) is -0.434. The summed E-state index contributed by atoms with van der Waals surface area (Å²) in [5, 5.41) is 19.8. The van der Waals surface area contributed by atoms with E-state index in [0.29, 0.717) is 17.1 Å². The maximum Gasteiger partial charge on any atom is 0.168 e. The van der Waals surface area contributed by atoms with E-state index in [0.717, 1.165) is 37.8 Å². The maximum absolute atomic E-state index is 14.5. The number of hydrogen-bond acceptors (Lipinski definition) is 9. The highest BCUT2D eigenvalue weighted by molar-refractivity contribution is 5.74. The van der Waals surface area contributed by atoms with Gasteiger partial charge in [0, 0.05) is 24.5 Å². The lowest BCUT2D eigenvalue weighted by molar-refractivity contribution is 0.111. The molecule has 1 aliphatic rings. The van der Waals surface area contributed by atoms with Gasteiger partial charge in [-0.2, -0.15) is 15.0 Å². The first kappa shape index (κ1) is 20.7. The molecule has 0 radical (unpaired) electrons. The molecule has 1 fully saturated rings. The number of carbonyl (C=O) groups excluding carboxylic acids is 1. The first-order valence-electron chi connectivity index (χ1n) is 10.5. The molecule has 168 valence electrons. The molecule has 1 aromatic carbocycles. The average Bonchev–Trinajstić information content (AvgIpc) is 3.56. The molecule has 12 heteroatoms. The molecule has 0 spiro atoms. The van der Waals surface area contributed by atoms with E-state index in [9.17, 15) is 9.18 Å². The number of carbonyl (C=O) groups is 1. The molecule has 4 heterocycles. The highest BCUT2D eigenvalue weighted by atomic mass is 19.1. The van der Waals surface area contributed by atoms with Crippen molar-refractivity contribution in [3.63, 3.8) is 0 Å². The van der Waals surface area contributed by atoms with Crippen molar-refractivity contribution in [1.82, 2.24) is 40.2 Å². The van der Waals surface area contributed by atoms with E-state index < -0.39 is 5.82 Å². The van der Waals surface area contributed by atoms with E-state index in [1.54, 1.807) is 29.3 Å². The minimum absolute atomic E-state index is 0.0679. The van der Waals surface area contributed by atoms with Gasteiger partial charge in [-0.1, -0.05) is 0 Å². The van der Waals surface area contributed by atoms with Crippen molar-refractivity contribution in [1.29, 1.82) is 0 Å². The van der Waals surface area contributed by atoms with Crippen LogP contribution in [0.15, 0.2) is 49.1 Å². The second kappa shape index (κ2) is 9.10. The Morgan fingerprint density at radius 1 is 1.18 bits per heavy atom. The molecule has 1 aliphatic heterocycles. The molecular formula is C21H20FN9O2. The summed E-state index contributed by atoms with van der Waals surface area (Å²) in [6.07, 6.45) is 8.20. The number of halogens is 1. The summed E-state index contributed by atoms with van der Waals surface area (Å²) in [6.45, 7) is 0.887. The van der Waals surface area contributed by atoms with Gasteiger partial charge in [0.1, 0.15) is 30.5 Å². The van der Waals surface area contributed by atoms with Crippen LogP contribution in [0.2, 0.25) is 0 Å². The molecule has 5 rings (SSSR count). The predicted octanol–water partition coefficient (Wildman–Crippen LogP) is 2.37. The number of anilines is 1. The van der Waals surface area contributed by atoms with Gasteiger partial charge in [-0.05, 0) is 54.0 Å². The van der Waals surface area contributed by atoms with E-state index in [1.807, 2.05) is 6.07 Å². The summed E-state index contributed by atoms with van der Waals surface area (Å²) >= 11 is 0. The molecule has 0 bridgehead atoms. The van der Waals surface area contributed by atoms with Crippen LogP contribution in [0.5, 0.6) is 5.75 Å². The number of benzene rings is 1. The molecule has 11 nitrogen and oxygen atoms in total. The Morgan fingerprint density at radius 3 is 2.94 bits per heavy atom. The standard InChI is InChI=1S/C21H20FN9O2/c22-19-10-18(30-14-24-27-28-30)4-5-20(19)33-13-16-11-25-31(26-16)21-3-1-2-8-29(21)17-6-7-23-15(9-17)12-32/h4-7,9-12,14,21H,1-3,8,13H2. The fraction of sp³-hybridized carbons (Fsp3) is 0.286. The van der Waals surface area contributed by atoms with Crippen molar-refractivity contribution in [2.24, 2.45) is 0 Å².